The number of hydrogen-bond donors (Lipinski definition) is 1. The second-order valence-corrected chi connectivity index (χ2v) is 7.59. The lowest BCUT2D eigenvalue weighted by molar-refractivity contribution is -0.308. The van der Waals surface area contributed by atoms with Gasteiger partial charge >= 0.3 is 18.4 Å². The molecule has 1 aliphatic carbocycles. The molecule has 1 amide bonds. The van der Waals surface area contributed by atoms with E-state index in [1.807, 2.05) is 12.1 Å². The molecule has 1 aliphatic heterocycles. The van der Waals surface area contributed by atoms with Crippen LogP contribution >= 0.6 is 0 Å². The summed E-state index contributed by atoms with van der Waals surface area (Å²) in [4.78, 5) is 16.8. The molecule has 0 aromatic carbocycles. The van der Waals surface area contributed by atoms with Gasteiger partial charge in [-0.15, -0.1) is 0 Å². The molecule has 5 nitrogen and oxygen atoms in total. The highest BCUT2D eigenvalue weighted by atomic mass is 19.4. The van der Waals surface area contributed by atoms with Crippen LogP contribution in [0.15, 0.2) is 24.5 Å². The molecule has 2 aliphatic rings. The smallest absolute Gasteiger partial charge is 0.426 e. The second kappa shape index (κ2) is 8.00. The highest BCUT2D eigenvalue weighted by Gasteiger charge is 2.61. The molecule has 2 fully saturated rings. The van der Waals surface area contributed by atoms with Crippen molar-refractivity contribution in [1.82, 2.24) is 15.2 Å². The van der Waals surface area contributed by atoms with Crippen molar-refractivity contribution in [1.29, 1.82) is 0 Å². The summed E-state index contributed by atoms with van der Waals surface area (Å²) in [5, 5.41) is 3.33. The molecule has 1 atom stereocenters. The second-order valence-electron chi connectivity index (χ2n) is 7.59. The fraction of sp³-hybridized carbons (Fsp3) is 0.667. The molecule has 1 N–H and O–H groups in total. The fourth-order valence-corrected chi connectivity index (χ4v) is 3.86. The van der Waals surface area contributed by atoms with Crippen LogP contribution in [-0.2, 0) is 11.3 Å². The highest BCUT2D eigenvalue weighted by molar-refractivity contribution is 5.68. The van der Waals surface area contributed by atoms with Gasteiger partial charge in [0.25, 0.3) is 6.10 Å². The average Bonchev–Trinajstić information content (AvgIpc) is 3.30. The molecule has 11 heteroatoms. The van der Waals surface area contributed by atoms with Crippen molar-refractivity contribution >= 4 is 6.09 Å². The van der Waals surface area contributed by atoms with E-state index in [-0.39, 0.29) is 18.5 Å². The highest BCUT2D eigenvalue weighted by Crippen LogP contribution is 2.59. The maximum absolute atomic E-state index is 12.5. The van der Waals surface area contributed by atoms with Crippen molar-refractivity contribution in [2.45, 2.75) is 44.3 Å². The van der Waals surface area contributed by atoms with Gasteiger partial charge in [0.1, 0.15) is 0 Å². The van der Waals surface area contributed by atoms with Crippen LogP contribution in [0.5, 0.6) is 0 Å². The number of hydrogen-bond acceptors (Lipinski definition) is 4. The number of rotatable bonds is 5. The number of amides is 1. The molecule has 0 bridgehead atoms. The van der Waals surface area contributed by atoms with E-state index >= 15 is 0 Å². The van der Waals surface area contributed by atoms with E-state index < -0.39 is 24.5 Å². The number of ether oxygens (including phenoxy) is 1. The summed E-state index contributed by atoms with van der Waals surface area (Å²) in [6.45, 7) is 1.58. The van der Waals surface area contributed by atoms with Gasteiger partial charge in [0.15, 0.2) is 0 Å². The molecule has 1 spiro atoms. The summed E-state index contributed by atoms with van der Waals surface area (Å²) in [6, 6.07) is 3.79. The average molecular weight is 425 g/mol. The fourth-order valence-electron chi connectivity index (χ4n) is 3.86. The summed E-state index contributed by atoms with van der Waals surface area (Å²) in [5.41, 5.74) is 1.04. The summed E-state index contributed by atoms with van der Waals surface area (Å²) in [6.07, 6.45) is -11.7. The summed E-state index contributed by atoms with van der Waals surface area (Å²) < 4.78 is 79.0. The van der Waals surface area contributed by atoms with E-state index in [2.05, 4.69) is 15.0 Å². The molecular formula is C18H21F6N3O2. The van der Waals surface area contributed by atoms with E-state index in [0.29, 0.717) is 25.3 Å². The Kier molecular flexibility index (Phi) is 5.98. The van der Waals surface area contributed by atoms with Crippen LogP contribution < -0.4 is 5.32 Å². The molecule has 3 rings (SSSR count). The van der Waals surface area contributed by atoms with Crippen LogP contribution in [0.3, 0.4) is 0 Å². The molecule has 1 aromatic rings. The first-order valence-electron chi connectivity index (χ1n) is 9.20. The van der Waals surface area contributed by atoms with E-state index in [4.69, 9.17) is 0 Å². The number of nitrogens with one attached hydrogen (secondary N) is 1. The number of carbonyl (C=O) groups is 1. The van der Waals surface area contributed by atoms with Gasteiger partial charge in [0.2, 0.25) is 0 Å². The third-order valence-corrected chi connectivity index (χ3v) is 5.63. The van der Waals surface area contributed by atoms with Crippen molar-refractivity contribution in [3.8, 4) is 0 Å². The normalized spacial score (nSPS) is 21.5. The Morgan fingerprint density at radius 2 is 1.90 bits per heavy atom. The van der Waals surface area contributed by atoms with Gasteiger partial charge in [0.05, 0.1) is 0 Å². The monoisotopic (exact) mass is 425 g/mol. The van der Waals surface area contributed by atoms with Crippen molar-refractivity contribution in [3.63, 3.8) is 0 Å². The minimum Gasteiger partial charge on any atom is -0.426 e. The number of nitrogens with zero attached hydrogens (tertiary/aromatic N) is 2. The van der Waals surface area contributed by atoms with Gasteiger partial charge in [0, 0.05) is 32.0 Å². The van der Waals surface area contributed by atoms with E-state index in [0.717, 1.165) is 23.4 Å². The molecule has 1 unspecified atom stereocenters. The van der Waals surface area contributed by atoms with Gasteiger partial charge in [-0.3, -0.25) is 4.98 Å². The van der Waals surface area contributed by atoms with Crippen molar-refractivity contribution < 1.29 is 35.9 Å². The van der Waals surface area contributed by atoms with Crippen LogP contribution in [-0.4, -0.2) is 54.1 Å². The van der Waals surface area contributed by atoms with Gasteiger partial charge < -0.3 is 15.0 Å². The number of alkyl halides is 6. The quantitative estimate of drug-likeness (QED) is 0.727. The lowest BCUT2D eigenvalue weighted by atomic mass is 9.91. The zero-order chi connectivity index (χ0) is 21.3. The zero-order valence-electron chi connectivity index (χ0n) is 15.4. The van der Waals surface area contributed by atoms with E-state index in [9.17, 15) is 31.1 Å². The maximum atomic E-state index is 12.5. The zero-order valence-corrected chi connectivity index (χ0v) is 15.4. The summed E-state index contributed by atoms with van der Waals surface area (Å²) in [5.74, 6) is 0.371. The predicted molar refractivity (Wildman–Crippen MR) is 89.7 cm³/mol. The lowest BCUT2D eigenvalue weighted by Gasteiger charge is -2.34. The number of pyridine rings is 1. The molecule has 29 heavy (non-hydrogen) atoms. The van der Waals surface area contributed by atoms with Crippen molar-refractivity contribution in [3.05, 3.63) is 30.1 Å². The van der Waals surface area contributed by atoms with Gasteiger partial charge in [-0.05, 0) is 48.8 Å². The molecule has 1 saturated carbocycles. The minimum absolute atomic E-state index is 0.00776. The van der Waals surface area contributed by atoms with Crippen LogP contribution in [0.2, 0.25) is 0 Å². The SMILES string of the molecule is O=C(OC(C(F)(F)F)C(F)(F)F)N1CCC2(CC1)CC2CNCc1cccnc1. The Bertz CT molecular complexity index is 688. The van der Waals surface area contributed by atoms with Crippen LogP contribution in [0, 0.1) is 11.3 Å². The van der Waals surface area contributed by atoms with Crippen LogP contribution in [0.4, 0.5) is 31.1 Å². The molecule has 0 radical (unpaired) electrons. The minimum atomic E-state index is -5.70. The lowest BCUT2D eigenvalue weighted by Crippen LogP contribution is -2.49. The van der Waals surface area contributed by atoms with Crippen molar-refractivity contribution in [2.75, 3.05) is 19.6 Å². The van der Waals surface area contributed by atoms with Crippen LogP contribution in [0.25, 0.3) is 0 Å². The Labute approximate surface area is 163 Å². The third-order valence-electron chi connectivity index (χ3n) is 5.63. The molecule has 1 aromatic heterocycles. The first-order chi connectivity index (χ1) is 13.5. The maximum Gasteiger partial charge on any atom is 0.434 e. The van der Waals surface area contributed by atoms with E-state index in [1.165, 1.54) is 0 Å². The van der Waals surface area contributed by atoms with Crippen LogP contribution in [0.1, 0.15) is 24.8 Å². The first kappa shape index (κ1) is 21.7. The Morgan fingerprint density at radius 1 is 1.24 bits per heavy atom. The number of aromatic nitrogens is 1. The molecular weight excluding hydrogens is 404 g/mol. The number of likely N-dealkylation sites (tertiary alicyclic amines) is 1. The Morgan fingerprint density at radius 3 is 2.45 bits per heavy atom. The third kappa shape index (κ3) is 5.31. The largest absolute Gasteiger partial charge is 0.434 e. The Balaban J connectivity index is 1.44. The molecule has 2 heterocycles. The number of carbonyl (C=O) groups excluding carboxylic acids is 1. The van der Waals surface area contributed by atoms with E-state index in [1.54, 1.807) is 12.4 Å². The van der Waals surface area contributed by atoms with Gasteiger partial charge in [-0.2, -0.15) is 26.3 Å². The first-order valence-corrected chi connectivity index (χ1v) is 9.20. The van der Waals surface area contributed by atoms with Gasteiger partial charge in [-0.1, -0.05) is 6.07 Å². The predicted octanol–water partition coefficient (Wildman–Crippen LogP) is 3.90. The summed E-state index contributed by atoms with van der Waals surface area (Å²) in [7, 11) is 0. The number of halogens is 6. The topological polar surface area (TPSA) is 54.5 Å². The molecule has 162 valence electrons. The number of piperidine rings is 1. The Hall–Kier alpha value is -2.04. The molecule has 1 saturated heterocycles. The standard InChI is InChI=1S/C18H21F6N3O2/c19-17(20,21)14(18(22,23)24)29-15(28)27-6-3-16(4-7-27)8-13(16)11-26-10-12-2-1-5-25-9-12/h1-2,5,9,13-14,26H,3-4,6-8,10-11H2. The van der Waals surface area contributed by atoms with Crippen molar-refractivity contribution in [2.24, 2.45) is 11.3 Å². The summed E-state index contributed by atoms with van der Waals surface area (Å²) >= 11 is 0. The van der Waals surface area contributed by atoms with Gasteiger partial charge in [-0.25, -0.2) is 4.79 Å².